The Balaban J connectivity index is 1.15. The van der Waals surface area contributed by atoms with Gasteiger partial charge in [-0.05, 0) is 60.9 Å². The standard InChI is InChI=1S/C28H24N4O6S/c1-2-36-23-9-5-8-20-16-24(37-25(20)23)27-30-31-28(38-27)29-26(33)19-10-12-22(13-11-19)39(34,35)32-15-14-18-6-3-4-7-21(18)17-32/h3-13,16H,2,14-15,17H2,1H3,(H,29,31,33). The van der Waals surface area contributed by atoms with E-state index in [9.17, 15) is 13.2 Å². The quantitative estimate of drug-likeness (QED) is 0.307. The molecule has 0 radical (unpaired) electrons. The molecule has 3 aromatic carbocycles. The van der Waals surface area contributed by atoms with Gasteiger partial charge in [0.05, 0.1) is 11.5 Å². The van der Waals surface area contributed by atoms with Gasteiger partial charge in [0, 0.05) is 24.0 Å². The SMILES string of the molecule is CCOc1cccc2cc(-c3nnc(NC(=O)c4ccc(S(=O)(=O)N5CCc6ccccc6C5)cc4)o3)oc12. The molecule has 0 saturated carbocycles. The number of carbonyl (C=O) groups is 1. The maximum absolute atomic E-state index is 13.2. The van der Waals surface area contributed by atoms with Crippen LogP contribution in [0.15, 0.2) is 86.5 Å². The van der Waals surface area contributed by atoms with Crippen LogP contribution in [0.25, 0.3) is 22.6 Å². The number of furan rings is 1. The van der Waals surface area contributed by atoms with E-state index < -0.39 is 15.9 Å². The van der Waals surface area contributed by atoms with Crippen LogP contribution >= 0.6 is 0 Å². The lowest BCUT2D eigenvalue weighted by Gasteiger charge is -2.28. The number of anilines is 1. The van der Waals surface area contributed by atoms with Gasteiger partial charge in [0.1, 0.15) is 0 Å². The van der Waals surface area contributed by atoms with Crippen LogP contribution in [0.5, 0.6) is 5.75 Å². The average molecular weight is 545 g/mol. The van der Waals surface area contributed by atoms with Crippen LogP contribution in [0.3, 0.4) is 0 Å². The number of sulfonamides is 1. The second-order valence-corrected chi connectivity index (χ2v) is 10.9. The molecule has 0 aliphatic carbocycles. The first-order chi connectivity index (χ1) is 18.9. The molecule has 0 spiro atoms. The lowest BCUT2D eigenvalue weighted by molar-refractivity contribution is 0.102. The third-order valence-electron chi connectivity index (χ3n) is 6.51. The molecule has 198 valence electrons. The van der Waals surface area contributed by atoms with Crippen molar-refractivity contribution in [2.45, 2.75) is 24.8 Å². The van der Waals surface area contributed by atoms with E-state index >= 15 is 0 Å². The zero-order valence-electron chi connectivity index (χ0n) is 21.0. The first kappa shape index (κ1) is 24.8. The summed E-state index contributed by atoms with van der Waals surface area (Å²) in [5.41, 5.74) is 2.96. The van der Waals surface area contributed by atoms with E-state index in [1.54, 1.807) is 12.1 Å². The summed E-state index contributed by atoms with van der Waals surface area (Å²) in [5, 5.41) is 11.2. The van der Waals surface area contributed by atoms with Crippen LogP contribution in [0.1, 0.15) is 28.4 Å². The molecule has 1 amide bonds. The summed E-state index contributed by atoms with van der Waals surface area (Å²) in [6.07, 6.45) is 0.657. The summed E-state index contributed by atoms with van der Waals surface area (Å²) >= 11 is 0. The number of amides is 1. The number of benzene rings is 3. The van der Waals surface area contributed by atoms with Crippen molar-refractivity contribution in [3.05, 3.63) is 89.5 Å². The molecule has 0 saturated heterocycles. The van der Waals surface area contributed by atoms with Gasteiger partial charge >= 0.3 is 6.01 Å². The van der Waals surface area contributed by atoms with Crippen molar-refractivity contribution in [2.75, 3.05) is 18.5 Å². The van der Waals surface area contributed by atoms with Gasteiger partial charge in [-0.15, -0.1) is 5.10 Å². The molecular formula is C28H24N4O6S. The molecule has 0 unspecified atom stereocenters. The molecule has 11 heteroatoms. The zero-order chi connectivity index (χ0) is 27.0. The summed E-state index contributed by atoms with van der Waals surface area (Å²) in [7, 11) is -3.71. The van der Waals surface area contributed by atoms with Crippen molar-refractivity contribution in [2.24, 2.45) is 0 Å². The van der Waals surface area contributed by atoms with Gasteiger partial charge in [0.25, 0.3) is 11.8 Å². The fourth-order valence-corrected chi connectivity index (χ4v) is 5.97. The summed E-state index contributed by atoms with van der Waals surface area (Å²) in [4.78, 5) is 12.9. The predicted octanol–water partition coefficient (Wildman–Crippen LogP) is 4.88. The lowest BCUT2D eigenvalue weighted by Crippen LogP contribution is -2.35. The van der Waals surface area contributed by atoms with E-state index in [0.717, 1.165) is 16.5 Å². The Morgan fingerprint density at radius 1 is 1.00 bits per heavy atom. The molecule has 10 nitrogen and oxygen atoms in total. The number of hydrogen-bond acceptors (Lipinski definition) is 8. The molecule has 0 bridgehead atoms. The predicted molar refractivity (Wildman–Crippen MR) is 143 cm³/mol. The van der Waals surface area contributed by atoms with Gasteiger partial charge in [0.2, 0.25) is 10.0 Å². The molecule has 0 fully saturated rings. The molecule has 1 aliphatic rings. The van der Waals surface area contributed by atoms with Crippen molar-refractivity contribution in [3.63, 3.8) is 0 Å². The maximum Gasteiger partial charge on any atom is 0.322 e. The Morgan fingerprint density at radius 3 is 2.59 bits per heavy atom. The van der Waals surface area contributed by atoms with Gasteiger partial charge in [-0.3, -0.25) is 10.1 Å². The molecule has 2 aromatic heterocycles. The monoisotopic (exact) mass is 544 g/mol. The maximum atomic E-state index is 13.2. The molecule has 3 heterocycles. The highest BCUT2D eigenvalue weighted by Gasteiger charge is 2.28. The minimum Gasteiger partial charge on any atom is -0.490 e. The molecule has 5 aromatic rings. The highest BCUT2D eigenvalue weighted by molar-refractivity contribution is 7.89. The number of fused-ring (bicyclic) bond motifs is 2. The Labute approximate surface area is 224 Å². The normalized spacial score (nSPS) is 13.8. The van der Waals surface area contributed by atoms with Gasteiger partial charge < -0.3 is 13.6 Å². The van der Waals surface area contributed by atoms with Crippen molar-refractivity contribution in [3.8, 4) is 17.4 Å². The average Bonchev–Trinajstić information content (AvgIpc) is 3.61. The number of ether oxygens (including phenoxy) is 1. The largest absolute Gasteiger partial charge is 0.490 e. The van der Waals surface area contributed by atoms with E-state index in [0.29, 0.717) is 43.2 Å². The van der Waals surface area contributed by atoms with Crippen LogP contribution in [0, 0.1) is 0 Å². The van der Waals surface area contributed by atoms with Crippen molar-refractivity contribution in [1.29, 1.82) is 0 Å². The van der Waals surface area contributed by atoms with Crippen LogP contribution in [0.4, 0.5) is 6.01 Å². The second-order valence-electron chi connectivity index (χ2n) is 8.97. The van der Waals surface area contributed by atoms with Crippen LogP contribution in [0.2, 0.25) is 0 Å². The van der Waals surface area contributed by atoms with Crippen LogP contribution in [-0.4, -0.2) is 42.0 Å². The summed E-state index contributed by atoms with van der Waals surface area (Å²) in [6, 6.07) is 20.7. The third-order valence-corrected chi connectivity index (χ3v) is 8.37. The molecule has 6 rings (SSSR count). The number of hydrogen-bond donors (Lipinski definition) is 1. The van der Waals surface area contributed by atoms with Crippen molar-refractivity contribution < 1.29 is 26.8 Å². The molecular weight excluding hydrogens is 520 g/mol. The first-order valence-electron chi connectivity index (χ1n) is 12.4. The minimum atomic E-state index is -3.71. The number of rotatable bonds is 7. The summed E-state index contributed by atoms with van der Waals surface area (Å²) < 4.78 is 44.9. The van der Waals surface area contributed by atoms with Crippen LogP contribution < -0.4 is 10.1 Å². The van der Waals surface area contributed by atoms with Crippen molar-refractivity contribution in [1.82, 2.24) is 14.5 Å². The zero-order valence-corrected chi connectivity index (χ0v) is 21.8. The Hall–Kier alpha value is -4.48. The van der Waals surface area contributed by atoms with Gasteiger partial charge in [-0.25, -0.2) is 8.42 Å². The number of carbonyl (C=O) groups excluding carboxylic acids is 1. The van der Waals surface area contributed by atoms with Gasteiger partial charge in [-0.1, -0.05) is 41.5 Å². The Kier molecular flexibility index (Phi) is 6.37. The van der Waals surface area contributed by atoms with E-state index in [1.807, 2.05) is 43.3 Å². The fraction of sp³-hybridized carbons (Fsp3) is 0.179. The molecule has 1 N–H and O–H groups in total. The molecule has 39 heavy (non-hydrogen) atoms. The number of nitrogens with one attached hydrogen (secondary N) is 1. The summed E-state index contributed by atoms with van der Waals surface area (Å²) in [6.45, 7) is 3.10. The fourth-order valence-electron chi connectivity index (χ4n) is 4.56. The lowest BCUT2D eigenvalue weighted by atomic mass is 10.0. The van der Waals surface area contributed by atoms with E-state index in [4.69, 9.17) is 13.6 Å². The number of aromatic nitrogens is 2. The molecule has 0 atom stereocenters. The second kappa shape index (κ2) is 10.0. The van der Waals surface area contributed by atoms with E-state index in [1.165, 1.54) is 28.6 Å². The minimum absolute atomic E-state index is 0.0912. The molecule has 1 aliphatic heterocycles. The highest BCUT2D eigenvalue weighted by atomic mass is 32.2. The topological polar surface area (TPSA) is 128 Å². The summed E-state index contributed by atoms with van der Waals surface area (Å²) in [5.74, 6) is 0.502. The van der Waals surface area contributed by atoms with Crippen molar-refractivity contribution >= 4 is 32.9 Å². The number of nitrogens with zero attached hydrogens (tertiary/aromatic N) is 3. The van der Waals surface area contributed by atoms with E-state index in [-0.39, 0.29) is 22.4 Å². The van der Waals surface area contributed by atoms with Gasteiger partial charge in [0.15, 0.2) is 17.1 Å². The smallest absolute Gasteiger partial charge is 0.322 e. The number of para-hydroxylation sites is 1. The Morgan fingerprint density at radius 2 is 1.79 bits per heavy atom. The Bertz CT molecular complexity index is 1780. The first-order valence-corrected chi connectivity index (χ1v) is 13.8. The highest BCUT2D eigenvalue weighted by Crippen LogP contribution is 2.33. The van der Waals surface area contributed by atoms with E-state index in [2.05, 4.69) is 15.5 Å². The van der Waals surface area contributed by atoms with Crippen LogP contribution in [-0.2, 0) is 23.0 Å². The third kappa shape index (κ3) is 4.77. The van der Waals surface area contributed by atoms with Gasteiger partial charge in [-0.2, -0.15) is 4.31 Å².